The molecule has 250 valence electrons. The van der Waals surface area contributed by atoms with Crippen LogP contribution in [0.15, 0.2) is 206 Å². The van der Waals surface area contributed by atoms with Gasteiger partial charge in [-0.15, -0.1) is 11.3 Å². The standard InChI is InChI=1S/C50H34N2S/c1-3-11-35(12-4-1)36-19-26-42(27-20-36)51(44-30-23-38(24-31-44)50-34-40-13-7-10-18-49(40)53-50)43-28-21-37(22-29-43)39-25-32-48-46(33-39)45-16-8-9-17-47(45)52(48)41-14-5-2-6-15-41/h1-34H. The minimum absolute atomic E-state index is 1.11. The number of hydrogen-bond donors (Lipinski definition) is 0. The summed E-state index contributed by atoms with van der Waals surface area (Å²) < 4.78 is 3.68. The van der Waals surface area contributed by atoms with Crippen molar-refractivity contribution >= 4 is 60.3 Å². The predicted molar refractivity (Wildman–Crippen MR) is 227 cm³/mol. The Hall–Kier alpha value is -6.68. The van der Waals surface area contributed by atoms with Gasteiger partial charge in [-0.1, -0.05) is 127 Å². The summed E-state index contributed by atoms with van der Waals surface area (Å²) in [5.41, 5.74) is 13.0. The quantitative estimate of drug-likeness (QED) is 0.161. The molecule has 0 radical (unpaired) electrons. The van der Waals surface area contributed by atoms with Crippen LogP contribution in [0.3, 0.4) is 0 Å². The molecule has 0 N–H and O–H groups in total. The molecular formula is C50H34N2S. The van der Waals surface area contributed by atoms with E-state index >= 15 is 0 Å². The Morgan fingerprint density at radius 2 is 0.868 bits per heavy atom. The van der Waals surface area contributed by atoms with Gasteiger partial charge in [0, 0.05) is 43.1 Å². The van der Waals surface area contributed by atoms with Crippen molar-refractivity contribution in [2.45, 2.75) is 0 Å². The molecule has 0 saturated carbocycles. The van der Waals surface area contributed by atoms with E-state index in [0.29, 0.717) is 0 Å². The van der Waals surface area contributed by atoms with Crippen molar-refractivity contribution in [3.63, 3.8) is 0 Å². The maximum Gasteiger partial charge on any atom is 0.0541 e. The van der Waals surface area contributed by atoms with Crippen molar-refractivity contribution in [1.82, 2.24) is 4.57 Å². The molecule has 10 aromatic rings. The zero-order chi connectivity index (χ0) is 35.1. The van der Waals surface area contributed by atoms with Gasteiger partial charge in [0.05, 0.1) is 11.0 Å². The Morgan fingerprint density at radius 3 is 1.55 bits per heavy atom. The van der Waals surface area contributed by atoms with Crippen LogP contribution in [-0.2, 0) is 0 Å². The van der Waals surface area contributed by atoms with Crippen LogP contribution in [0.25, 0.3) is 70.3 Å². The van der Waals surface area contributed by atoms with E-state index in [-0.39, 0.29) is 0 Å². The van der Waals surface area contributed by atoms with Crippen LogP contribution in [-0.4, -0.2) is 4.57 Å². The molecule has 0 amide bonds. The molecule has 0 aliphatic carbocycles. The number of nitrogens with zero attached hydrogens (tertiary/aromatic N) is 2. The molecule has 0 saturated heterocycles. The van der Waals surface area contributed by atoms with Gasteiger partial charge in [-0.05, 0) is 112 Å². The maximum absolute atomic E-state index is 2.37. The molecule has 0 aliphatic rings. The average molecular weight is 695 g/mol. The van der Waals surface area contributed by atoms with Crippen molar-refractivity contribution in [2.24, 2.45) is 0 Å². The molecule has 8 aromatic carbocycles. The van der Waals surface area contributed by atoms with Gasteiger partial charge in [0.25, 0.3) is 0 Å². The van der Waals surface area contributed by atoms with E-state index in [1.165, 1.54) is 70.3 Å². The molecule has 3 heteroatoms. The van der Waals surface area contributed by atoms with Crippen LogP contribution in [0, 0.1) is 0 Å². The molecule has 10 rings (SSSR count). The van der Waals surface area contributed by atoms with Crippen molar-refractivity contribution in [2.75, 3.05) is 4.90 Å². The first-order valence-corrected chi connectivity index (χ1v) is 18.8. The first kappa shape index (κ1) is 31.1. The maximum atomic E-state index is 2.37. The Kier molecular flexibility index (Phi) is 7.71. The summed E-state index contributed by atoms with van der Waals surface area (Å²) in [5, 5.41) is 3.80. The van der Waals surface area contributed by atoms with Gasteiger partial charge in [-0.3, -0.25) is 0 Å². The Labute approximate surface area is 313 Å². The highest BCUT2D eigenvalue weighted by atomic mass is 32.1. The van der Waals surface area contributed by atoms with E-state index in [1.54, 1.807) is 0 Å². The van der Waals surface area contributed by atoms with Gasteiger partial charge in [0.1, 0.15) is 0 Å². The summed E-state index contributed by atoms with van der Waals surface area (Å²) in [4.78, 5) is 3.63. The van der Waals surface area contributed by atoms with E-state index in [9.17, 15) is 0 Å². The number of para-hydroxylation sites is 2. The fourth-order valence-corrected chi connectivity index (χ4v) is 8.66. The van der Waals surface area contributed by atoms with Gasteiger partial charge in [-0.25, -0.2) is 0 Å². The molecule has 0 unspecified atom stereocenters. The first-order valence-electron chi connectivity index (χ1n) is 18.0. The normalized spacial score (nSPS) is 11.4. The van der Waals surface area contributed by atoms with Crippen molar-refractivity contribution in [3.05, 3.63) is 206 Å². The summed E-state index contributed by atoms with van der Waals surface area (Å²) in [6.45, 7) is 0. The number of benzene rings is 8. The SMILES string of the molecule is c1ccc(-c2ccc(N(c3ccc(-c4ccc5c(c4)c4ccccc4n5-c4ccccc4)cc3)c3ccc(-c4cc5ccccc5s4)cc3)cc2)cc1. The molecule has 0 fully saturated rings. The minimum Gasteiger partial charge on any atom is -0.311 e. The predicted octanol–water partition coefficient (Wildman–Crippen LogP) is 14.5. The highest BCUT2D eigenvalue weighted by molar-refractivity contribution is 7.22. The van der Waals surface area contributed by atoms with Gasteiger partial charge < -0.3 is 9.47 Å². The molecule has 0 spiro atoms. The summed E-state index contributed by atoms with van der Waals surface area (Å²) in [7, 11) is 0. The molecule has 2 nitrogen and oxygen atoms in total. The summed E-state index contributed by atoms with van der Waals surface area (Å²) in [6.07, 6.45) is 0. The third-order valence-corrected chi connectivity index (χ3v) is 11.4. The minimum atomic E-state index is 1.11. The third kappa shape index (κ3) is 5.68. The topological polar surface area (TPSA) is 8.17 Å². The fourth-order valence-electron chi connectivity index (χ4n) is 7.59. The number of hydrogen-bond acceptors (Lipinski definition) is 2. The van der Waals surface area contributed by atoms with Gasteiger partial charge in [0.15, 0.2) is 0 Å². The van der Waals surface area contributed by atoms with E-state index in [1.807, 2.05) is 11.3 Å². The van der Waals surface area contributed by atoms with Crippen LogP contribution < -0.4 is 4.90 Å². The van der Waals surface area contributed by atoms with E-state index in [0.717, 1.165) is 17.1 Å². The molecule has 2 heterocycles. The molecule has 0 aliphatic heterocycles. The van der Waals surface area contributed by atoms with Crippen molar-refractivity contribution < 1.29 is 0 Å². The number of rotatable bonds is 7. The van der Waals surface area contributed by atoms with Gasteiger partial charge in [-0.2, -0.15) is 0 Å². The summed E-state index contributed by atoms with van der Waals surface area (Å²) >= 11 is 1.84. The zero-order valence-electron chi connectivity index (χ0n) is 28.9. The van der Waals surface area contributed by atoms with E-state index < -0.39 is 0 Å². The second-order valence-corrected chi connectivity index (χ2v) is 14.5. The Bertz CT molecular complexity index is 2820. The molecule has 0 bridgehead atoms. The lowest BCUT2D eigenvalue weighted by Crippen LogP contribution is -2.09. The zero-order valence-corrected chi connectivity index (χ0v) is 29.7. The largest absolute Gasteiger partial charge is 0.311 e. The van der Waals surface area contributed by atoms with Crippen LogP contribution in [0.5, 0.6) is 0 Å². The Morgan fingerprint density at radius 1 is 0.358 bits per heavy atom. The first-order chi connectivity index (χ1) is 26.3. The molecule has 53 heavy (non-hydrogen) atoms. The Balaban J connectivity index is 1.03. The van der Waals surface area contributed by atoms with E-state index in [4.69, 9.17) is 0 Å². The molecular weight excluding hydrogens is 661 g/mol. The number of aromatic nitrogens is 1. The third-order valence-electron chi connectivity index (χ3n) is 10.2. The van der Waals surface area contributed by atoms with Gasteiger partial charge in [0.2, 0.25) is 0 Å². The highest BCUT2D eigenvalue weighted by Gasteiger charge is 2.16. The lowest BCUT2D eigenvalue weighted by molar-refractivity contribution is 1.18. The van der Waals surface area contributed by atoms with Gasteiger partial charge >= 0.3 is 0 Å². The number of thiophene rings is 1. The summed E-state index contributed by atoms with van der Waals surface area (Å²) in [6, 6.07) is 74.6. The van der Waals surface area contributed by atoms with Crippen LogP contribution >= 0.6 is 11.3 Å². The van der Waals surface area contributed by atoms with E-state index in [2.05, 4.69) is 216 Å². The second kappa shape index (κ2) is 13.1. The number of anilines is 3. The van der Waals surface area contributed by atoms with Crippen LogP contribution in [0.4, 0.5) is 17.1 Å². The lowest BCUT2D eigenvalue weighted by atomic mass is 10.0. The van der Waals surface area contributed by atoms with Crippen molar-refractivity contribution in [1.29, 1.82) is 0 Å². The fraction of sp³-hybridized carbons (Fsp3) is 0. The smallest absolute Gasteiger partial charge is 0.0541 e. The number of fused-ring (bicyclic) bond motifs is 4. The highest BCUT2D eigenvalue weighted by Crippen LogP contribution is 2.40. The van der Waals surface area contributed by atoms with Crippen LogP contribution in [0.2, 0.25) is 0 Å². The van der Waals surface area contributed by atoms with Crippen LogP contribution in [0.1, 0.15) is 0 Å². The summed E-state index contributed by atoms with van der Waals surface area (Å²) in [5.74, 6) is 0. The molecule has 0 atom stereocenters. The lowest BCUT2D eigenvalue weighted by Gasteiger charge is -2.26. The second-order valence-electron chi connectivity index (χ2n) is 13.4. The van der Waals surface area contributed by atoms with Crippen molar-refractivity contribution in [3.8, 4) is 38.4 Å². The average Bonchev–Trinajstić information content (AvgIpc) is 3.82. The molecule has 2 aromatic heterocycles. The monoisotopic (exact) mass is 694 g/mol.